The Kier molecular flexibility index (Phi) is 12.0. The standard InChI is InChI=1S/C47H56F2N12O5/c1-55-28-47(29-55)17-22-58(23-18-47)38-16-21-59-43(52-38)34(25-50-59)44(63)51-35-27-60(54-40(35)42(48)49)32-10-8-30(9-11-32)26-57-19-14-33(15-20-57)66-24-4-6-31-5-3-7-36-41(31)56(2)46(65)61(36)37-12-13-39(62)53-45(37)64/h3,5,7,16,21,25,27,30,32-33,37,42H,8-15,17-20,22-24,26,28-29H2,1-2H3,(H,51,63)(H,53,62,64). The number of aromatic nitrogens is 7. The fourth-order valence-electron chi connectivity index (χ4n) is 11.1. The predicted molar refractivity (Wildman–Crippen MR) is 241 cm³/mol. The quantitative estimate of drug-likeness (QED) is 0.149. The van der Waals surface area contributed by atoms with E-state index in [0.717, 1.165) is 103 Å². The Balaban J connectivity index is 0.694. The van der Waals surface area contributed by atoms with Crippen LogP contribution in [-0.2, 0) is 21.4 Å². The first-order valence-corrected chi connectivity index (χ1v) is 23.2. The number of anilines is 2. The second-order valence-corrected chi connectivity index (χ2v) is 19.1. The largest absolute Gasteiger partial charge is 0.365 e. The fraction of sp³-hybridized carbons (Fsp3) is 0.553. The minimum absolute atomic E-state index is 0.00142. The molecular weight excluding hydrogens is 851 g/mol. The number of halogens is 2. The van der Waals surface area contributed by atoms with Gasteiger partial charge in [0.25, 0.3) is 12.3 Å². The SMILES string of the molecule is CN1CC2(CCN(c3ccn4ncc(C(=O)Nc5cn(C6CCC(CN7CCC(OCC#Cc8cccc9c8n(C)c(=O)n9C8CCC(=O)NC8=O)CC7)CC6)nc5C(F)F)c4n3)CC2)C1. The van der Waals surface area contributed by atoms with E-state index in [1.807, 2.05) is 18.2 Å². The van der Waals surface area contributed by atoms with E-state index in [0.29, 0.717) is 33.6 Å². The number of alkyl halides is 2. The summed E-state index contributed by atoms with van der Waals surface area (Å²) in [5.41, 5.74) is 2.10. The Morgan fingerprint density at radius 3 is 2.50 bits per heavy atom. The van der Waals surface area contributed by atoms with Crippen molar-refractivity contribution < 1.29 is 27.9 Å². The number of amides is 3. The van der Waals surface area contributed by atoms with Gasteiger partial charge in [-0.15, -0.1) is 0 Å². The number of para-hydroxylation sites is 1. The average Bonchev–Trinajstić information content (AvgIpc) is 4.00. The van der Waals surface area contributed by atoms with Gasteiger partial charge in [-0.25, -0.2) is 23.1 Å². The number of likely N-dealkylation sites (tertiary alicyclic amines) is 2. The van der Waals surface area contributed by atoms with E-state index in [9.17, 15) is 28.0 Å². The Hall–Kier alpha value is -5.97. The third kappa shape index (κ3) is 8.61. The maximum atomic E-state index is 14.4. The van der Waals surface area contributed by atoms with Gasteiger partial charge < -0.3 is 24.8 Å². The van der Waals surface area contributed by atoms with Crippen molar-refractivity contribution in [2.75, 3.05) is 69.7 Å². The molecule has 66 heavy (non-hydrogen) atoms. The Labute approximate surface area is 380 Å². The molecule has 1 atom stereocenters. The summed E-state index contributed by atoms with van der Waals surface area (Å²) >= 11 is 0. The van der Waals surface area contributed by atoms with Crippen LogP contribution in [0.5, 0.6) is 0 Å². The Morgan fingerprint density at radius 1 is 1.00 bits per heavy atom. The van der Waals surface area contributed by atoms with E-state index in [4.69, 9.17) is 9.72 Å². The van der Waals surface area contributed by atoms with Crippen LogP contribution in [-0.4, -0.2) is 127 Å². The number of fused-ring (bicyclic) bond motifs is 2. The molecule has 5 aliphatic rings. The molecule has 10 rings (SSSR count). The average molecular weight is 907 g/mol. The monoisotopic (exact) mass is 906 g/mol. The maximum Gasteiger partial charge on any atom is 0.329 e. The zero-order valence-electron chi connectivity index (χ0n) is 37.4. The van der Waals surface area contributed by atoms with E-state index in [1.165, 1.54) is 15.3 Å². The highest BCUT2D eigenvalue weighted by atomic mass is 19.3. The maximum absolute atomic E-state index is 14.4. The molecule has 5 aromatic rings. The molecule has 5 fully saturated rings. The lowest BCUT2D eigenvalue weighted by Gasteiger charge is -2.53. The van der Waals surface area contributed by atoms with Gasteiger partial charge in [0.1, 0.15) is 24.0 Å². The first-order chi connectivity index (χ1) is 31.9. The highest BCUT2D eigenvalue weighted by Gasteiger charge is 2.43. The van der Waals surface area contributed by atoms with Crippen LogP contribution in [0.2, 0.25) is 0 Å². The van der Waals surface area contributed by atoms with Gasteiger partial charge in [0.15, 0.2) is 11.3 Å². The van der Waals surface area contributed by atoms with E-state index in [1.54, 1.807) is 34.7 Å². The van der Waals surface area contributed by atoms with E-state index >= 15 is 0 Å². The van der Waals surface area contributed by atoms with Crippen molar-refractivity contribution in [3.8, 4) is 11.8 Å². The number of imidazole rings is 1. The van der Waals surface area contributed by atoms with Gasteiger partial charge in [-0.2, -0.15) is 10.2 Å². The molecule has 3 amide bonds. The number of benzene rings is 1. The van der Waals surface area contributed by atoms with E-state index in [2.05, 4.69) is 54.4 Å². The van der Waals surface area contributed by atoms with Crippen molar-refractivity contribution in [3.63, 3.8) is 0 Å². The van der Waals surface area contributed by atoms with Crippen LogP contribution < -0.4 is 21.2 Å². The molecule has 1 aromatic carbocycles. The van der Waals surface area contributed by atoms with Crippen molar-refractivity contribution in [2.45, 2.75) is 88.8 Å². The van der Waals surface area contributed by atoms with Crippen LogP contribution in [0.4, 0.5) is 20.3 Å². The van der Waals surface area contributed by atoms with Gasteiger partial charge >= 0.3 is 5.69 Å². The number of carbonyl (C=O) groups excluding carboxylic acids is 3. The predicted octanol–water partition coefficient (Wildman–Crippen LogP) is 4.54. The highest BCUT2D eigenvalue weighted by molar-refractivity contribution is 6.08. The molecule has 4 saturated heterocycles. The molecule has 17 nitrogen and oxygen atoms in total. The van der Waals surface area contributed by atoms with Gasteiger partial charge in [0.2, 0.25) is 11.8 Å². The number of nitrogens with one attached hydrogen (secondary N) is 2. The lowest BCUT2D eigenvalue weighted by molar-refractivity contribution is -0.135. The number of nitrogens with zero attached hydrogens (tertiary/aromatic N) is 10. The van der Waals surface area contributed by atoms with Crippen LogP contribution in [0.1, 0.15) is 104 Å². The summed E-state index contributed by atoms with van der Waals surface area (Å²) in [6.07, 6.45) is 9.90. The van der Waals surface area contributed by atoms with Crippen molar-refractivity contribution in [3.05, 3.63) is 70.2 Å². The number of imide groups is 1. The van der Waals surface area contributed by atoms with E-state index in [-0.39, 0.29) is 54.4 Å². The van der Waals surface area contributed by atoms with Crippen LogP contribution in [0.15, 0.2) is 47.7 Å². The number of piperidine rings is 3. The lowest BCUT2D eigenvalue weighted by Crippen LogP contribution is -2.58. The highest BCUT2D eigenvalue weighted by Crippen LogP contribution is 2.41. The van der Waals surface area contributed by atoms with Gasteiger partial charge in [0, 0.05) is 71.7 Å². The molecule has 1 spiro atoms. The van der Waals surface area contributed by atoms with Gasteiger partial charge in [-0.3, -0.25) is 33.5 Å². The molecule has 1 unspecified atom stereocenters. The summed E-state index contributed by atoms with van der Waals surface area (Å²) in [7, 11) is 3.81. The number of hydrogen-bond acceptors (Lipinski definition) is 11. The zero-order chi connectivity index (χ0) is 45.7. The number of rotatable bonds is 10. The second kappa shape index (κ2) is 18.0. The molecule has 348 valence electrons. The molecule has 19 heteroatoms. The van der Waals surface area contributed by atoms with E-state index < -0.39 is 30.0 Å². The Bertz CT molecular complexity index is 2770. The molecule has 1 saturated carbocycles. The smallest absolute Gasteiger partial charge is 0.329 e. The molecule has 0 bridgehead atoms. The summed E-state index contributed by atoms with van der Waals surface area (Å²) in [4.78, 5) is 63.1. The third-order valence-corrected chi connectivity index (χ3v) is 14.7. The van der Waals surface area contributed by atoms with Crippen molar-refractivity contribution in [2.24, 2.45) is 18.4 Å². The number of carbonyl (C=O) groups is 3. The molecule has 4 aromatic heterocycles. The minimum Gasteiger partial charge on any atom is -0.365 e. The lowest BCUT2D eigenvalue weighted by atomic mass is 9.72. The first-order valence-electron chi connectivity index (χ1n) is 23.2. The summed E-state index contributed by atoms with van der Waals surface area (Å²) in [5, 5.41) is 13.7. The Morgan fingerprint density at radius 2 is 1.77 bits per heavy atom. The second-order valence-electron chi connectivity index (χ2n) is 19.1. The number of hydrogen-bond donors (Lipinski definition) is 2. The minimum atomic E-state index is -2.86. The summed E-state index contributed by atoms with van der Waals surface area (Å²) in [6, 6.07) is 6.55. The third-order valence-electron chi connectivity index (χ3n) is 14.7. The summed E-state index contributed by atoms with van der Waals surface area (Å²) in [6.45, 7) is 7.06. The zero-order valence-corrected chi connectivity index (χ0v) is 37.4. The van der Waals surface area contributed by atoms with Crippen LogP contribution in [0.25, 0.3) is 16.7 Å². The molecular formula is C47H56F2N12O5. The number of aryl methyl sites for hydroxylation is 1. The topological polar surface area (TPSA) is 169 Å². The van der Waals surface area contributed by atoms with Crippen LogP contribution in [0, 0.1) is 23.2 Å². The van der Waals surface area contributed by atoms with Gasteiger partial charge in [0.05, 0.1) is 40.6 Å². The first kappa shape index (κ1) is 43.9. The summed E-state index contributed by atoms with van der Waals surface area (Å²) < 4.78 is 41.0. The molecule has 2 N–H and O–H groups in total. The van der Waals surface area contributed by atoms with Crippen LogP contribution in [0.3, 0.4) is 0 Å². The normalized spacial score (nSPS) is 23.0. The van der Waals surface area contributed by atoms with Crippen molar-refractivity contribution in [1.29, 1.82) is 0 Å². The molecule has 8 heterocycles. The summed E-state index contributed by atoms with van der Waals surface area (Å²) in [5.74, 6) is 6.19. The molecule has 1 aliphatic carbocycles. The molecule has 4 aliphatic heterocycles. The number of ether oxygens (including phenoxy) is 1. The van der Waals surface area contributed by atoms with Gasteiger partial charge in [-0.05, 0) is 94.4 Å². The molecule has 0 radical (unpaired) electrons. The van der Waals surface area contributed by atoms with Crippen molar-refractivity contribution in [1.82, 2.24) is 48.6 Å². The van der Waals surface area contributed by atoms with Gasteiger partial charge in [-0.1, -0.05) is 17.9 Å². The fourth-order valence-corrected chi connectivity index (χ4v) is 11.1. The van der Waals surface area contributed by atoms with Crippen molar-refractivity contribution >= 4 is 45.9 Å². The van der Waals surface area contributed by atoms with Crippen LogP contribution >= 0.6 is 0 Å².